The van der Waals surface area contributed by atoms with Crippen LogP contribution in [-0.2, 0) is 4.79 Å². The molecule has 2 aromatic heterocycles. The van der Waals surface area contributed by atoms with E-state index in [0.717, 1.165) is 32.8 Å². The predicted molar refractivity (Wildman–Crippen MR) is 112 cm³/mol. The van der Waals surface area contributed by atoms with Crippen LogP contribution in [0.2, 0.25) is 0 Å². The summed E-state index contributed by atoms with van der Waals surface area (Å²) in [6, 6.07) is 6.11. The van der Waals surface area contributed by atoms with Crippen molar-refractivity contribution in [2.45, 2.75) is 28.4 Å². The fourth-order valence-corrected chi connectivity index (χ4v) is 5.69. The van der Waals surface area contributed by atoms with Crippen molar-refractivity contribution in [1.82, 2.24) is 15.2 Å². The number of unbranched alkanes of at least 4 members (excludes halogenated alkanes) is 1. The topological polar surface area (TPSA) is 67.8 Å². The van der Waals surface area contributed by atoms with E-state index in [-0.39, 0.29) is 17.5 Å². The van der Waals surface area contributed by atoms with Gasteiger partial charge >= 0.3 is 0 Å². The lowest BCUT2D eigenvalue weighted by atomic mass is 10.2. The molecule has 10 heteroatoms. The number of rotatable bonds is 9. The van der Waals surface area contributed by atoms with Crippen LogP contribution in [0.25, 0.3) is 11.3 Å². The maximum atomic E-state index is 13.0. The highest BCUT2D eigenvalue weighted by Crippen LogP contribution is 2.30. The highest BCUT2D eigenvalue weighted by Gasteiger charge is 2.11. The highest BCUT2D eigenvalue weighted by atomic mass is 32.2. The van der Waals surface area contributed by atoms with E-state index in [0.29, 0.717) is 10.8 Å². The number of aromatic nitrogens is 3. The van der Waals surface area contributed by atoms with Crippen molar-refractivity contribution in [3.8, 4) is 11.3 Å². The Morgan fingerprint density at radius 1 is 1.19 bits per heavy atom. The van der Waals surface area contributed by atoms with Crippen LogP contribution in [0.1, 0.15) is 19.8 Å². The molecule has 0 aliphatic carbocycles. The van der Waals surface area contributed by atoms with Gasteiger partial charge in [-0.3, -0.25) is 4.79 Å². The molecule has 0 fully saturated rings. The molecule has 1 aromatic carbocycles. The van der Waals surface area contributed by atoms with Gasteiger partial charge in [0.2, 0.25) is 5.91 Å². The molecule has 0 atom stereocenters. The van der Waals surface area contributed by atoms with E-state index in [1.807, 2.05) is 5.38 Å². The Hall–Kier alpha value is -1.49. The number of halogens is 1. The molecule has 0 bridgehead atoms. The number of nitrogens with one attached hydrogen (secondary N) is 1. The summed E-state index contributed by atoms with van der Waals surface area (Å²) in [6.45, 7) is 2.16. The van der Waals surface area contributed by atoms with Crippen LogP contribution in [0.5, 0.6) is 0 Å². The number of thiazole rings is 1. The number of hydrogen-bond donors (Lipinski definition) is 1. The second-order valence-electron chi connectivity index (χ2n) is 5.42. The molecule has 0 radical (unpaired) electrons. The molecule has 5 nitrogen and oxygen atoms in total. The van der Waals surface area contributed by atoms with Gasteiger partial charge in [0.1, 0.15) is 5.82 Å². The third-order valence-corrected chi connectivity index (χ3v) is 7.36. The monoisotopic (exact) mass is 440 g/mol. The first-order valence-corrected chi connectivity index (χ1v) is 11.9. The number of benzene rings is 1. The summed E-state index contributed by atoms with van der Waals surface area (Å²) in [5, 5.41) is 13.4. The number of carbonyl (C=O) groups is 1. The number of carbonyl (C=O) groups excluding carboxylic acids is 1. The molecule has 0 spiro atoms. The summed E-state index contributed by atoms with van der Waals surface area (Å²) in [7, 11) is 0. The molecular formula is C17H17FN4OS4. The third kappa shape index (κ3) is 6.27. The van der Waals surface area contributed by atoms with Gasteiger partial charge in [-0.2, -0.15) is 0 Å². The third-order valence-electron chi connectivity index (χ3n) is 3.33. The van der Waals surface area contributed by atoms with E-state index < -0.39 is 0 Å². The first kappa shape index (κ1) is 20.2. The zero-order valence-electron chi connectivity index (χ0n) is 14.5. The minimum Gasteiger partial charge on any atom is -0.301 e. The van der Waals surface area contributed by atoms with Crippen LogP contribution in [0.4, 0.5) is 9.52 Å². The minimum absolute atomic E-state index is 0.143. The van der Waals surface area contributed by atoms with Gasteiger partial charge in [0.05, 0.1) is 11.4 Å². The number of hydrogen-bond acceptors (Lipinski definition) is 8. The zero-order chi connectivity index (χ0) is 19.1. The first-order chi connectivity index (χ1) is 13.1. The van der Waals surface area contributed by atoms with Gasteiger partial charge in [-0.15, -0.1) is 21.5 Å². The van der Waals surface area contributed by atoms with Gasteiger partial charge in [-0.25, -0.2) is 9.37 Å². The second-order valence-corrected chi connectivity index (χ2v) is 9.82. The van der Waals surface area contributed by atoms with Crippen LogP contribution in [0, 0.1) is 5.82 Å². The number of thioether (sulfide) groups is 2. The lowest BCUT2D eigenvalue weighted by Crippen LogP contribution is -2.13. The number of anilines is 1. The fraction of sp³-hybridized carbons (Fsp3) is 0.294. The van der Waals surface area contributed by atoms with E-state index in [1.165, 1.54) is 46.6 Å². The predicted octanol–water partition coefficient (Wildman–Crippen LogP) is 5.42. The van der Waals surface area contributed by atoms with Crippen molar-refractivity contribution < 1.29 is 9.18 Å². The van der Waals surface area contributed by atoms with Gasteiger partial charge in [-0.1, -0.05) is 48.2 Å². The van der Waals surface area contributed by atoms with E-state index in [1.54, 1.807) is 23.9 Å². The van der Waals surface area contributed by atoms with E-state index in [2.05, 4.69) is 27.4 Å². The SMILES string of the molecule is CCCCSc1nnc(SCC(=O)Nc2nc(-c3ccc(F)cc3)cs2)s1. The molecular weight excluding hydrogens is 423 g/mol. The number of amides is 1. The first-order valence-electron chi connectivity index (χ1n) is 8.24. The van der Waals surface area contributed by atoms with Crippen LogP contribution in [0.15, 0.2) is 38.3 Å². The Morgan fingerprint density at radius 2 is 1.93 bits per heavy atom. The second kappa shape index (κ2) is 10.2. The van der Waals surface area contributed by atoms with Crippen LogP contribution in [-0.4, -0.2) is 32.6 Å². The van der Waals surface area contributed by atoms with Crippen molar-refractivity contribution in [2.75, 3.05) is 16.8 Å². The largest absolute Gasteiger partial charge is 0.301 e. The van der Waals surface area contributed by atoms with Crippen molar-refractivity contribution in [1.29, 1.82) is 0 Å². The summed E-state index contributed by atoms with van der Waals surface area (Å²) in [4.78, 5) is 16.5. The highest BCUT2D eigenvalue weighted by molar-refractivity contribution is 8.03. The fourth-order valence-electron chi connectivity index (χ4n) is 1.98. The molecule has 3 rings (SSSR count). The van der Waals surface area contributed by atoms with Crippen molar-refractivity contribution in [3.05, 3.63) is 35.5 Å². The maximum absolute atomic E-state index is 13.0. The van der Waals surface area contributed by atoms with Crippen molar-refractivity contribution in [2.24, 2.45) is 0 Å². The molecule has 0 unspecified atom stereocenters. The van der Waals surface area contributed by atoms with Gasteiger partial charge in [-0.05, 0) is 30.7 Å². The van der Waals surface area contributed by atoms with Gasteiger partial charge < -0.3 is 5.32 Å². The molecule has 0 aliphatic rings. The van der Waals surface area contributed by atoms with Gasteiger partial charge in [0.25, 0.3) is 0 Å². The van der Waals surface area contributed by atoms with Crippen molar-refractivity contribution in [3.63, 3.8) is 0 Å². The van der Waals surface area contributed by atoms with Crippen molar-refractivity contribution >= 4 is 57.2 Å². The molecule has 3 aromatic rings. The smallest absolute Gasteiger partial charge is 0.236 e. The Morgan fingerprint density at radius 3 is 2.67 bits per heavy atom. The molecule has 142 valence electrons. The summed E-state index contributed by atoms with van der Waals surface area (Å²) >= 11 is 5.92. The molecule has 0 saturated heterocycles. The molecule has 27 heavy (non-hydrogen) atoms. The zero-order valence-corrected chi connectivity index (χ0v) is 17.7. The number of nitrogens with zero attached hydrogens (tertiary/aromatic N) is 3. The Labute approximate surface area is 173 Å². The Balaban J connectivity index is 1.48. The van der Waals surface area contributed by atoms with Crippen LogP contribution < -0.4 is 5.32 Å². The minimum atomic E-state index is -0.289. The van der Waals surface area contributed by atoms with Crippen LogP contribution in [0.3, 0.4) is 0 Å². The summed E-state index contributed by atoms with van der Waals surface area (Å²) in [5.41, 5.74) is 1.52. The normalized spacial score (nSPS) is 10.9. The van der Waals surface area contributed by atoms with Gasteiger partial charge in [0, 0.05) is 16.7 Å². The average Bonchev–Trinajstić information content (AvgIpc) is 3.31. The summed E-state index contributed by atoms with van der Waals surface area (Å²) < 4.78 is 14.7. The van der Waals surface area contributed by atoms with E-state index >= 15 is 0 Å². The standard InChI is InChI=1S/C17H17FN4OS4/c1-2-3-8-24-16-21-22-17(27-16)26-10-14(23)20-15-19-13(9-25-15)11-4-6-12(18)7-5-11/h4-7,9H,2-3,8,10H2,1H3,(H,19,20,23). The summed E-state index contributed by atoms with van der Waals surface area (Å²) in [6.07, 6.45) is 2.32. The lowest BCUT2D eigenvalue weighted by Gasteiger charge is -1.99. The quantitative estimate of drug-likeness (QED) is 0.354. The van der Waals surface area contributed by atoms with E-state index in [4.69, 9.17) is 0 Å². The molecule has 0 aliphatic heterocycles. The van der Waals surface area contributed by atoms with Gasteiger partial charge in [0.15, 0.2) is 13.8 Å². The average molecular weight is 441 g/mol. The maximum Gasteiger partial charge on any atom is 0.236 e. The molecule has 1 N–H and O–H groups in total. The lowest BCUT2D eigenvalue weighted by molar-refractivity contribution is -0.113. The molecule has 1 amide bonds. The Kier molecular flexibility index (Phi) is 7.62. The molecule has 0 saturated carbocycles. The summed E-state index contributed by atoms with van der Waals surface area (Å²) in [5.74, 6) is 0.856. The van der Waals surface area contributed by atoms with E-state index in [9.17, 15) is 9.18 Å². The molecule has 2 heterocycles. The van der Waals surface area contributed by atoms with Crippen LogP contribution >= 0.6 is 46.2 Å². The Bertz CT molecular complexity index is 881.